The Morgan fingerprint density at radius 3 is 2.80 bits per heavy atom. The van der Waals surface area contributed by atoms with E-state index in [0.29, 0.717) is 25.3 Å². The van der Waals surface area contributed by atoms with E-state index in [9.17, 15) is 14.0 Å². The van der Waals surface area contributed by atoms with Gasteiger partial charge in [0, 0.05) is 19.3 Å². The first-order chi connectivity index (χ1) is 12.1. The third-order valence-electron chi connectivity index (χ3n) is 4.02. The highest BCUT2D eigenvalue weighted by molar-refractivity contribution is 5.92. The zero-order chi connectivity index (χ0) is 17.6. The molecule has 1 aliphatic heterocycles. The number of carbonyl (C=O) groups excluding carboxylic acids is 2. The number of rotatable bonds is 5. The first-order valence-electron chi connectivity index (χ1n) is 8.00. The molecule has 1 N–H and O–H groups in total. The number of hydrogen-bond donors (Lipinski definition) is 1. The zero-order valence-electron chi connectivity index (χ0n) is 13.5. The van der Waals surface area contributed by atoms with Gasteiger partial charge in [0.1, 0.15) is 5.82 Å². The first kappa shape index (κ1) is 16.9. The topological polar surface area (TPSA) is 71.5 Å². The van der Waals surface area contributed by atoms with Crippen LogP contribution in [0.1, 0.15) is 6.42 Å². The van der Waals surface area contributed by atoms with Crippen LogP contribution in [0.25, 0.3) is 0 Å². The zero-order valence-corrected chi connectivity index (χ0v) is 13.5. The fourth-order valence-corrected chi connectivity index (χ4v) is 2.66. The van der Waals surface area contributed by atoms with Crippen LogP contribution in [0.4, 0.5) is 10.2 Å². The summed E-state index contributed by atoms with van der Waals surface area (Å²) in [5, 5.41) is 2.74. The van der Waals surface area contributed by atoms with Gasteiger partial charge < -0.3 is 15.0 Å². The minimum atomic E-state index is -0.510. The number of hydrogen-bond acceptors (Lipinski definition) is 4. The Morgan fingerprint density at radius 2 is 2.04 bits per heavy atom. The second-order valence-corrected chi connectivity index (χ2v) is 5.75. The van der Waals surface area contributed by atoms with Crippen molar-refractivity contribution in [2.24, 2.45) is 5.92 Å². The summed E-state index contributed by atoms with van der Waals surface area (Å²) < 4.78 is 18.7. The molecule has 1 saturated heterocycles. The van der Waals surface area contributed by atoms with E-state index in [1.165, 1.54) is 12.1 Å². The Morgan fingerprint density at radius 1 is 1.24 bits per heavy atom. The van der Waals surface area contributed by atoms with Crippen molar-refractivity contribution in [2.75, 3.05) is 25.0 Å². The minimum Gasteiger partial charge on any atom is -0.481 e. The fraction of sp³-hybridized carbons (Fsp3) is 0.278. The van der Waals surface area contributed by atoms with Gasteiger partial charge >= 0.3 is 0 Å². The van der Waals surface area contributed by atoms with Gasteiger partial charge in [-0.05, 0) is 30.7 Å². The average molecular weight is 343 g/mol. The molecule has 1 fully saturated rings. The Labute approximate surface area is 144 Å². The van der Waals surface area contributed by atoms with E-state index in [0.717, 1.165) is 0 Å². The number of benzene rings is 1. The highest BCUT2D eigenvalue weighted by Crippen LogP contribution is 2.19. The molecule has 1 aliphatic rings. The number of halogens is 1. The molecule has 130 valence electrons. The molecule has 0 saturated carbocycles. The Bertz CT molecular complexity index is 754. The molecule has 1 aromatic heterocycles. The van der Waals surface area contributed by atoms with Crippen molar-refractivity contribution in [3.63, 3.8) is 0 Å². The molecule has 1 unspecified atom stereocenters. The normalized spacial score (nSPS) is 16.5. The average Bonchev–Trinajstić information content (AvgIpc) is 3.12. The number of likely N-dealkylation sites (tertiary alicyclic amines) is 1. The van der Waals surface area contributed by atoms with Gasteiger partial charge in [0.05, 0.1) is 5.92 Å². The summed E-state index contributed by atoms with van der Waals surface area (Å²) in [4.78, 5) is 30.0. The molecule has 7 heteroatoms. The number of carbonyl (C=O) groups is 2. The quantitative estimate of drug-likeness (QED) is 0.902. The van der Waals surface area contributed by atoms with E-state index >= 15 is 0 Å². The Hall–Kier alpha value is -2.96. The standard InChI is InChI=1S/C18H18FN3O3/c19-14-5-1-2-6-15(14)25-12-17(23)22-10-8-13(11-22)18(24)21-16-7-3-4-9-20-16/h1-7,9,13H,8,10-12H2,(H,20,21,24). The van der Waals surface area contributed by atoms with Gasteiger partial charge in [-0.3, -0.25) is 9.59 Å². The largest absolute Gasteiger partial charge is 0.481 e. The lowest BCUT2D eigenvalue weighted by atomic mass is 10.1. The second-order valence-electron chi connectivity index (χ2n) is 5.75. The number of para-hydroxylation sites is 1. The van der Waals surface area contributed by atoms with Gasteiger partial charge in [0.25, 0.3) is 5.91 Å². The monoisotopic (exact) mass is 343 g/mol. The van der Waals surface area contributed by atoms with Crippen molar-refractivity contribution in [1.29, 1.82) is 0 Å². The predicted molar refractivity (Wildman–Crippen MR) is 89.4 cm³/mol. The lowest BCUT2D eigenvalue weighted by Crippen LogP contribution is -2.34. The lowest BCUT2D eigenvalue weighted by molar-refractivity contribution is -0.132. The molecule has 2 heterocycles. The highest BCUT2D eigenvalue weighted by Gasteiger charge is 2.31. The molecule has 2 amide bonds. The number of ether oxygens (including phenoxy) is 1. The Balaban J connectivity index is 1.49. The molecule has 2 aromatic rings. The maximum atomic E-state index is 13.5. The molecule has 25 heavy (non-hydrogen) atoms. The van der Waals surface area contributed by atoms with Crippen LogP contribution in [0.3, 0.4) is 0 Å². The summed E-state index contributed by atoms with van der Waals surface area (Å²) >= 11 is 0. The maximum Gasteiger partial charge on any atom is 0.260 e. The van der Waals surface area contributed by atoms with Gasteiger partial charge in [0.2, 0.25) is 5.91 Å². The van der Waals surface area contributed by atoms with Crippen molar-refractivity contribution in [3.8, 4) is 5.75 Å². The molecule has 3 rings (SSSR count). The molecular weight excluding hydrogens is 325 g/mol. The third-order valence-corrected chi connectivity index (χ3v) is 4.02. The summed E-state index contributed by atoms with van der Waals surface area (Å²) in [6.07, 6.45) is 2.17. The Kier molecular flexibility index (Phi) is 5.23. The molecule has 1 aromatic carbocycles. The van der Waals surface area contributed by atoms with Gasteiger partial charge in [0.15, 0.2) is 18.2 Å². The number of nitrogens with one attached hydrogen (secondary N) is 1. The van der Waals surface area contributed by atoms with E-state index < -0.39 is 5.82 Å². The van der Waals surface area contributed by atoms with E-state index in [1.807, 2.05) is 0 Å². The van der Waals surface area contributed by atoms with Crippen molar-refractivity contribution >= 4 is 17.6 Å². The molecular formula is C18H18FN3O3. The molecule has 0 bridgehead atoms. The van der Waals surface area contributed by atoms with Crippen molar-refractivity contribution in [3.05, 3.63) is 54.5 Å². The van der Waals surface area contributed by atoms with Gasteiger partial charge in [-0.25, -0.2) is 9.37 Å². The summed E-state index contributed by atoms with van der Waals surface area (Å²) in [6, 6.07) is 11.2. The van der Waals surface area contributed by atoms with Crippen LogP contribution in [-0.4, -0.2) is 41.4 Å². The van der Waals surface area contributed by atoms with Crippen molar-refractivity contribution < 1.29 is 18.7 Å². The minimum absolute atomic E-state index is 0.0412. The molecule has 1 atom stereocenters. The summed E-state index contributed by atoms with van der Waals surface area (Å²) in [5.41, 5.74) is 0. The smallest absolute Gasteiger partial charge is 0.260 e. The molecule has 0 spiro atoms. The maximum absolute atomic E-state index is 13.5. The van der Waals surface area contributed by atoms with E-state index in [-0.39, 0.29) is 30.1 Å². The van der Waals surface area contributed by atoms with Crippen LogP contribution in [-0.2, 0) is 9.59 Å². The lowest BCUT2D eigenvalue weighted by Gasteiger charge is -2.17. The summed E-state index contributed by atoms with van der Waals surface area (Å²) in [5.74, 6) is -0.705. The third kappa shape index (κ3) is 4.32. The van der Waals surface area contributed by atoms with Crippen molar-refractivity contribution in [2.45, 2.75) is 6.42 Å². The number of aromatic nitrogens is 1. The second kappa shape index (κ2) is 7.74. The summed E-state index contributed by atoms with van der Waals surface area (Å²) in [7, 11) is 0. The molecule has 0 radical (unpaired) electrons. The van der Waals surface area contributed by atoms with Gasteiger partial charge in [-0.2, -0.15) is 0 Å². The van der Waals surface area contributed by atoms with Crippen LogP contribution in [0, 0.1) is 11.7 Å². The fourth-order valence-electron chi connectivity index (χ4n) is 2.66. The SMILES string of the molecule is O=C(Nc1ccccn1)C1CCN(C(=O)COc2ccccc2F)C1. The predicted octanol–water partition coefficient (Wildman–Crippen LogP) is 2.09. The van der Waals surface area contributed by atoms with Crippen LogP contribution in [0.5, 0.6) is 5.75 Å². The van der Waals surface area contributed by atoms with Crippen LogP contribution in [0.2, 0.25) is 0 Å². The number of pyridine rings is 1. The van der Waals surface area contributed by atoms with Crippen LogP contribution in [0.15, 0.2) is 48.7 Å². The van der Waals surface area contributed by atoms with E-state index in [1.54, 1.807) is 41.4 Å². The van der Waals surface area contributed by atoms with E-state index in [2.05, 4.69) is 10.3 Å². The molecule has 0 aliphatic carbocycles. The first-order valence-corrected chi connectivity index (χ1v) is 8.00. The number of nitrogens with zero attached hydrogens (tertiary/aromatic N) is 2. The van der Waals surface area contributed by atoms with E-state index in [4.69, 9.17) is 4.74 Å². The van der Waals surface area contributed by atoms with Crippen molar-refractivity contribution in [1.82, 2.24) is 9.88 Å². The van der Waals surface area contributed by atoms with Gasteiger partial charge in [-0.15, -0.1) is 0 Å². The van der Waals surface area contributed by atoms with Gasteiger partial charge in [-0.1, -0.05) is 18.2 Å². The van der Waals surface area contributed by atoms with Crippen LogP contribution < -0.4 is 10.1 Å². The number of amides is 2. The highest BCUT2D eigenvalue weighted by atomic mass is 19.1. The van der Waals surface area contributed by atoms with Crippen LogP contribution >= 0.6 is 0 Å². The number of anilines is 1. The summed E-state index contributed by atoms with van der Waals surface area (Å²) in [6.45, 7) is 0.535. The molecule has 6 nitrogen and oxygen atoms in total.